The summed E-state index contributed by atoms with van der Waals surface area (Å²) in [7, 11) is 3.83. The third kappa shape index (κ3) is 2.78. The molecule has 0 radical (unpaired) electrons. The molecule has 0 amide bonds. The molecule has 1 unspecified atom stereocenters. The minimum atomic E-state index is 0.0172. The number of rotatable bonds is 7. The van der Waals surface area contributed by atoms with E-state index >= 15 is 0 Å². The highest BCUT2D eigenvalue weighted by atomic mass is 16.5. The van der Waals surface area contributed by atoms with Gasteiger partial charge in [-0.1, -0.05) is 32.4 Å². The van der Waals surface area contributed by atoms with Crippen LogP contribution < -0.4 is 15.4 Å². The van der Waals surface area contributed by atoms with Gasteiger partial charge >= 0.3 is 0 Å². The molecule has 0 aromatic heterocycles. The number of nitrogens with zero attached hydrogens (tertiary/aromatic N) is 1. The Balaban J connectivity index is 3.12. The predicted octanol–water partition coefficient (Wildman–Crippen LogP) is 3.04. The molecule has 1 atom stereocenters. The summed E-state index contributed by atoms with van der Waals surface area (Å²) < 4.78 is 5.45. The normalized spacial score (nSPS) is 14.1. The quantitative estimate of drug-likeness (QED) is 0.808. The summed E-state index contributed by atoms with van der Waals surface area (Å²) in [6.07, 6.45) is 3.25. The zero-order chi connectivity index (χ0) is 13.6. The number of methoxy groups -OCH3 is 1. The van der Waals surface area contributed by atoms with Crippen molar-refractivity contribution in [1.29, 1.82) is 0 Å². The van der Waals surface area contributed by atoms with Gasteiger partial charge in [0, 0.05) is 13.6 Å². The van der Waals surface area contributed by atoms with Crippen molar-refractivity contribution in [3.8, 4) is 5.75 Å². The number of benzene rings is 1. The number of para-hydroxylation sites is 2. The minimum absolute atomic E-state index is 0.0172. The molecule has 1 aromatic rings. The maximum Gasteiger partial charge on any atom is 0.142 e. The van der Waals surface area contributed by atoms with Crippen LogP contribution in [0.15, 0.2) is 24.3 Å². The maximum atomic E-state index is 6.05. The summed E-state index contributed by atoms with van der Waals surface area (Å²) in [5.74, 6) is 0.905. The van der Waals surface area contributed by atoms with Gasteiger partial charge in [-0.05, 0) is 25.0 Å². The van der Waals surface area contributed by atoms with E-state index in [-0.39, 0.29) is 5.54 Å². The van der Waals surface area contributed by atoms with Gasteiger partial charge in [-0.2, -0.15) is 0 Å². The Morgan fingerprint density at radius 1 is 1.28 bits per heavy atom. The lowest BCUT2D eigenvalue weighted by Gasteiger charge is -2.42. The second kappa shape index (κ2) is 6.64. The molecule has 0 aliphatic rings. The van der Waals surface area contributed by atoms with E-state index in [1.54, 1.807) is 7.11 Å². The van der Waals surface area contributed by atoms with Crippen LogP contribution in [0.1, 0.15) is 33.1 Å². The molecule has 18 heavy (non-hydrogen) atoms. The summed E-state index contributed by atoms with van der Waals surface area (Å²) in [5.41, 5.74) is 7.18. The fraction of sp³-hybridized carbons (Fsp3) is 0.600. The number of hydrogen-bond donors (Lipinski definition) is 1. The van der Waals surface area contributed by atoms with Crippen molar-refractivity contribution in [3.05, 3.63) is 24.3 Å². The topological polar surface area (TPSA) is 38.5 Å². The Morgan fingerprint density at radius 2 is 1.94 bits per heavy atom. The first kappa shape index (κ1) is 14.8. The van der Waals surface area contributed by atoms with Crippen molar-refractivity contribution in [3.63, 3.8) is 0 Å². The molecule has 0 bridgehead atoms. The largest absolute Gasteiger partial charge is 0.495 e. The number of hydrogen-bond acceptors (Lipinski definition) is 3. The molecule has 0 heterocycles. The Kier molecular flexibility index (Phi) is 5.48. The van der Waals surface area contributed by atoms with E-state index in [1.165, 1.54) is 0 Å². The first-order valence-electron chi connectivity index (χ1n) is 6.72. The van der Waals surface area contributed by atoms with Gasteiger partial charge in [0.2, 0.25) is 0 Å². The Morgan fingerprint density at radius 3 is 2.44 bits per heavy atom. The molecule has 0 spiro atoms. The molecule has 3 heteroatoms. The maximum absolute atomic E-state index is 6.05. The lowest BCUT2D eigenvalue weighted by atomic mass is 9.88. The fourth-order valence-corrected chi connectivity index (χ4v) is 2.59. The van der Waals surface area contributed by atoms with Crippen molar-refractivity contribution >= 4 is 5.69 Å². The van der Waals surface area contributed by atoms with Gasteiger partial charge in [0.25, 0.3) is 0 Å². The van der Waals surface area contributed by atoms with E-state index in [9.17, 15) is 0 Å². The zero-order valence-electron chi connectivity index (χ0n) is 12.1. The highest BCUT2D eigenvalue weighted by molar-refractivity contribution is 5.59. The summed E-state index contributed by atoms with van der Waals surface area (Å²) in [6, 6.07) is 8.12. The van der Waals surface area contributed by atoms with E-state index in [0.29, 0.717) is 6.54 Å². The van der Waals surface area contributed by atoms with Gasteiger partial charge in [0.1, 0.15) is 5.75 Å². The van der Waals surface area contributed by atoms with Crippen LogP contribution in [0, 0.1) is 0 Å². The highest BCUT2D eigenvalue weighted by Crippen LogP contribution is 2.34. The first-order valence-corrected chi connectivity index (χ1v) is 6.72. The fourth-order valence-electron chi connectivity index (χ4n) is 2.59. The molecule has 0 saturated heterocycles. The molecule has 1 rings (SSSR count). The lowest BCUT2D eigenvalue weighted by Crippen LogP contribution is -2.52. The SMILES string of the molecule is CCCC(CC)(CN)N(C)c1ccccc1OC. The molecule has 2 N–H and O–H groups in total. The molecular weight excluding hydrogens is 224 g/mol. The number of nitrogens with two attached hydrogens (primary N) is 1. The highest BCUT2D eigenvalue weighted by Gasteiger charge is 2.31. The number of ether oxygens (including phenoxy) is 1. The number of likely N-dealkylation sites (N-methyl/N-ethyl adjacent to an activating group) is 1. The average molecular weight is 250 g/mol. The Labute approximate surface area is 111 Å². The summed E-state index contributed by atoms with van der Waals surface area (Å²) in [5, 5.41) is 0. The van der Waals surface area contributed by atoms with Crippen molar-refractivity contribution < 1.29 is 4.74 Å². The number of anilines is 1. The third-order valence-electron chi connectivity index (χ3n) is 3.91. The standard InChI is InChI=1S/C15H26N2O/c1-5-11-15(6-2,12-16)17(3)13-9-7-8-10-14(13)18-4/h7-10H,5-6,11-12,16H2,1-4H3. The first-order chi connectivity index (χ1) is 8.65. The summed E-state index contributed by atoms with van der Waals surface area (Å²) in [6.45, 7) is 5.07. The van der Waals surface area contributed by atoms with E-state index in [4.69, 9.17) is 10.5 Å². The third-order valence-corrected chi connectivity index (χ3v) is 3.91. The van der Waals surface area contributed by atoms with Crippen molar-refractivity contribution in [2.24, 2.45) is 5.73 Å². The van der Waals surface area contributed by atoms with Gasteiger partial charge < -0.3 is 15.4 Å². The smallest absolute Gasteiger partial charge is 0.142 e. The molecule has 0 saturated carbocycles. The van der Waals surface area contributed by atoms with Crippen LogP contribution in [0.5, 0.6) is 5.75 Å². The van der Waals surface area contributed by atoms with Gasteiger partial charge in [0.15, 0.2) is 0 Å². The summed E-state index contributed by atoms with van der Waals surface area (Å²) >= 11 is 0. The van der Waals surface area contributed by atoms with Crippen LogP contribution >= 0.6 is 0 Å². The second-order valence-electron chi connectivity index (χ2n) is 4.76. The molecule has 0 aliphatic heterocycles. The predicted molar refractivity (Wildman–Crippen MR) is 78.4 cm³/mol. The molecule has 1 aromatic carbocycles. The van der Waals surface area contributed by atoms with Crippen molar-refractivity contribution in [2.75, 3.05) is 25.6 Å². The zero-order valence-corrected chi connectivity index (χ0v) is 12.1. The molecule has 0 fully saturated rings. The Hall–Kier alpha value is -1.22. The second-order valence-corrected chi connectivity index (χ2v) is 4.76. The molecule has 0 aliphatic carbocycles. The van der Waals surface area contributed by atoms with Crippen LogP contribution in [0.25, 0.3) is 0 Å². The molecular formula is C15H26N2O. The van der Waals surface area contributed by atoms with Gasteiger partial charge in [-0.3, -0.25) is 0 Å². The van der Waals surface area contributed by atoms with E-state index in [0.717, 1.165) is 30.7 Å². The van der Waals surface area contributed by atoms with Crippen LogP contribution in [0.3, 0.4) is 0 Å². The van der Waals surface area contributed by atoms with Gasteiger partial charge in [0.05, 0.1) is 18.3 Å². The molecule has 102 valence electrons. The van der Waals surface area contributed by atoms with Crippen LogP contribution in [-0.4, -0.2) is 26.2 Å². The summed E-state index contributed by atoms with van der Waals surface area (Å²) in [4.78, 5) is 2.29. The van der Waals surface area contributed by atoms with Crippen molar-refractivity contribution in [1.82, 2.24) is 0 Å². The van der Waals surface area contributed by atoms with E-state index in [2.05, 4.69) is 31.9 Å². The van der Waals surface area contributed by atoms with Crippen LogP contribution in [0.4, 0.5) is 5.69 Å². The van der Waals surface area contributed by atoms with Gasteiger partial charge in [-0.15, -0.1) is 0 Å². The van der Waals surface area contributed by atoms with Crippen LogP contribution in [-0.2, 0) is 0 Å². The van der Waals surface area contributed by atoms with Crippen molar-refractivity contribution in [2.45, 2.75) is 38.6 Å². The minimum Gasteiger partial charge on any atom is -0.495 e. The molecule has 3 nitrogen and oxygen atoms in total. The monoisotopic (exact) mass is 250 g/mol. The van der Waals surface area contributed by atoms with E-state index < -0.39 is 0 Å². The van der Waals surface area contributed by atoms with Gasteiger partial charge in [-0.25, -0.2) is 0 Å². The lowest BCUT2D eigenvalue weighted by molar-refractivity contribution is 0.358. The Bertz CT molecular complexity index is 361. The van der Waals surface area contributed by atoms with E-state index in [1.807, 2.05) is 18.2 Å². The average Bonchev–Trinajstić information content (AvgIpc) is 2.44. The van der Waals surface area contributed by atoms with Crippen LogP contribution in [0.2, 0.25) is 0 Å².